The molecule has 0 aromatic heterocycles. The fraction of sp³-hybridized carbons (Fsp3) is 0.364. The maximum Gasteiger partial charge on any atom is 0.239 e. The van der Waals surface area contributed by atoms with Gasteiger partial charge in [0.25, 0.3) is 0 Å². The molecule has 0 spiro atoms. The van der Waals surface area contributed by atoms with Crippen LogP contribution in [0.3, 0.4) is 0 Å². The van der Waals surface area contributed by atoms with Gasteiger partial charge in [0.15, 0.2) is 9.84 Å². The lowest BCUT2D eigenvalue weighted by atomic mass is 10.2. The molecule has 0 unspecified atom stereocenters. The highest BCUT2D eigenvalue weighted by molar-refractivity contribution is 7.92. The number of alkyl halides is 1. The smallest absolute Gasteiger partial charge is 0.239 e. The Hall–Kier alpha value is -1.43. The molecule has 1 amide bonds. The van der Waals surface area contributed by atoms with Gasteiger partial charge in [0.05, 0.1) is 5.75 Å². The van der Waals surface area contributed by atoms with Crippen molar-refractivity contribution in [3.05, 3.63) is 29.8 Å². The lowest BCUT2D eigenvalue weighted by Gasteiger charge is -2.05. The lowest BCUT2D eigenvalue weighted by Crippen LogP contribution is -2.25. The molecule has 0 saturated carbocycles. The molecule has 94 valence electrons. The van der Waals surface area contributed by atoms with Gasteiger partial charge in [-0.1, -0.05) is 12.1 Å². The largest absolute Gasteiger partial charge is 0.325 e. The highest BCUT2D eigenvalue weighted by atomic mass is 32.2. The van der Waals surface area contributed by atoms with Crippen molar-refractivity contribution in [1.29, 1.82) is 0 Å². The Bertz CT molecular complexity index is 499. The molecular weight excluding hydrogens is 245 g/mol. The van der Waals surface area contributed by atoms with E-state index >= 15 is 0 Å². The second-order valence-corrected chi connectivity index (χ2v) is 5.88. The van der Waals surface area contributed by atoms with E-state index in [9.17, 15) is 17.6 Å². The van der Waals surface area contributed by atoms with Crippen molar-refractivity contribution in [3.63, 3.8) is 0 Å². The van der Waals surface area contributed by atoms with E-state index in [1.807, 2.05) is 13.0 Å². The average Bonchev–Trinajstić information content (AvgIpc) is 2.15. The van der Waals surface area contributed by atoms with Gasteiger partial charge in [-0.2, -0.15) is 0 Å². The summed E-state index contributed by atoms with van der Waals surface area (Å²) in [6, 6.07) is 6.99. The van der Waals surface area contributed by atoms with Crippen molar-refractivity contribution in [3.8, 4) is 0 Å². The van der Waals surface area contributed by atoms with Gasteiger partial charge in [-0.15, -0.1) is 0 Å². The van der Waals surface area contributed by atoms with Crippen LogP contribution in [0.4, 0.5) is 10.1 Å². The summed E-state index contributed by atoms with van der Waals surface area (Å²) in [5.74, 6) is -1.96. The topological polar surface area (TPSA) is 63.2 Å². The number of aryl methyl sites for hydroxylation is 1. The zero-order valence-electron chi connectivity index (χ0n) is 9.44. The molecule has 0 aliphatic heterocycles. The van der Waals surface area contributed by atoms with Crippen LogP contribution in [0.15, 0.2) is 24.3 Å². The van der Waals surface area contributed by atoms with Crippen LogP contribution in [-0.4, -0.2) is 32.5 Å². The molecule has 1 rings (SSSR count). The van der Waals surface area contributed by atoms with Crippen molar-refractivity contribution in [2.75, 3.05) is 23.5 Å². The number of hydrogen-bond acceptors (Lipinski definition) is 3. The van der Waals surface area contributed by atoms with Crippen LogP contribution in [0.25, 0.3) is 0 Å². The predicted octanol–water partition coefficient (Wildman–Crippen LogP) is 1.32. The molecule has 4 nitrogen and oxygen atoms in total. The first-order chi connectivity index (χ1) is 7.93. The number of nitrogens with one attached hydrogen (secondary N) is 1. The normalized spacial score (nSPS) is 11.2. The van der Waals surface area contributed by atoms with Gasteiger partial charge in [0, 0.05) is 5.69 Å². The van der Waals surface area contributed by atoms with E-state index in [1.165, 1.54) is 0 Å². The Morgan fingerprint density at radius 3 is 2.71 bits per heavy atom. The highest BCUT2D eigenvalue weighted by Gasteiger charge is 2.16. The fourth-order valence-electron chi connectivity index (χ4n) is 1.31. The van der Waals surface area contributed by atoms with Crippen LogP contribution in [-0.2, 0) is 14.6 Å². The number of sulfone groups is 1. The molecule has 1 aromatic rings. The summed E-state index contributed by atoms with van der Waals surface area (Å²) >= 11 is 0. The second-order valence-electron chi connectivity index (χ2n) is 3.70. The van der Waals surface area contributed by atoms with Crippen LogP contribution in [0.5, 0.6) is 0 Å². The Labute approximate surface area is 99.8 Å². The third-order valence-corrected chi connectivity index (χ3v) is 3.52. The van der Waals surface area contributed by atoms with E-state index < -0.39 is 33.9 Å². The second kappa shape index (κ2) is 5.77. The number of carbonyl (C=O) groups excluding carboxylic acids is 1. The van der Waals surface area contributed by atoms with Crippen molar-refractivity contribution in [2.45, 2.75) is 6.92 Å². The average molecular weight is 259 g/mol. The Morgan fingerprint density at radius 2 is 2.12 bits per heavy atom. The first-order valence-corrected chi connectivity index (χ1v) is 6.88. The third-order valence-electron chi connectivity index (χ3n) is 2.04. The zero-order valence-corrected chi connectivity index (χ0v) is 10.3. The molecule has 0 fully saturated rings. The van der Waals surface area contributed by atoms with Gasteiger partial charge >= 0.3 is 0 Å². The molecule has 1 N–H and O–H groups in total. The van der Waals surface area contributed by atoms with Crippen LogP contribution in [0.1, 0.15) is 5.56 Å². The molecule has 17 heavy (non-hydrogen) atoms. The minimum absolute atomic E-state index is 0.533. The summed E-state index contributed by atoms with van der Waals surface area (Å²) in [5.41, 5.74) is 1.49. The molecule has 0 saturated heterocycles. The SMILES string of the molecule is Cc1cccc(NC(=O)CS(=O)(=O)CCF)c1. The van der Waals surface area contributed by atoms with E-state index in [2.05, 4.69) is 5.32 Å². The number of amides is 1. The number of carbonyl (C=O) groups is 1. The zero-order chi connectivity index (χ0) is 12.9. The van der Waals surface area contributed by atoms with E-state index in [1.54, 1.807) is 18.2 Å². The van der Waals surface area contributed by atoms with Crippen molar-refractivity contribution < 1.29 is 17.6 Å². The summed E-state index contributed by atoms with van der Waals surface area (Å²) in [4.78, 5) is 11.4. The predicted molar refractivity (Wildman–Crippen MR) is 64.4 cm³/mol. The van der Waals surface area contributed by atoms with Gasteiger partial charge in [-0.25, -0.2) is 12.8 Å². The molecule has 1 aromatic carbocycles. The number of benzene rings is 1. The highest BCUT2D eigenvalue weighted by Crippen LogP contribution is 2.09. The molecule has 0 atom stereocenters. The van der Waals surface area contributed by atoms with Crippen molar-refractivity contribution in [2.24, 2.45) is 0 Å². The first-order valence-electron chi connectivity index (χ1n) is 5.06. The van der Waals surface area contributed by atoms with E-state index in [0.717, 1.165) is 5.56 Å². The summed E-state index contributed by atoms with van der Waals surface area (Å²) in [7, 11) is -3.65. The summed E-state index contributed by atoms with van der Waals surface area (Å²) < 4.78 is 34.3. The maximum absolute atomic E-state index is 11.9. The Morgan fingerprint density at radius 1 is 1.41 bits per heavy atom. The molecule has 0 bridgehead atoms. The third kappa shape index (κ3) is 4.95. The number of halogens is 1. The number of anilines is 1. The molecule has 0 radical (unpaired) electrons. The lowest BCUT2D eigenvalue weighted by molar-refractivity contribution is -0.113. The van der Waals surface area contributed by atoms with Gasteiger partial charge in [0.1, 0.15) is 12.4 Å². The summed E-state index contributed by atoms with van der Waals surface area (Å²) in [5, 5.41) is 2.46. The number of hydrogen-bond donors (Lipinski definition) is 1. The van der Waals surface area contributed by atoms with Crippen LogP contribution >= 0.6 is 0 Å². The van der Waals surface area contributed by atoms with Gasteiger partial charge < -0.3 is 5.32 Å². The Kier molecular flexibility index (Phi) is 4.62. The molecule has 6 heteroatoms. The maximum atomic E-state index is 11.9. The monoisotopic (exact) mass is 259 g/mol. The molecule has 0 aliphatic rings. The standard InChI is InChI=1S/C11H14FNO3S/c1-9-3-2-4-10(7-9)13-11(14)8-17(15,16)6-5-12/h2-4,7H,5-6,8H2,1H3,(H,13,14). The first kappa shape index (κ1) is 13.6. The molecule has 0 heterocycles. The number of rotatable bonds is 5. The Balaban J connectivity index is 2.62. The van der Waals surface area contributed by atoms with E-state index in [0.29, 0.717) is 5.69 Å². The van der Waals surface area contributed by atoms with Crippen LogP contribution < -0.4 is 5.32 Å². The van der Waals surface area contributed by atoms with Crippen LogP contribution in [0, 0.1) is 6.92 Å². The summed E-state index contributed by atoms with van der Waals surface area (Å²) in [6.45, 7) is 0.884. The van der Waals surface area contributed by atoms with Crippen molar-refractivity contribution in [1.82, 2.24) is 0 Å². The molecular formula is C11H14FNO3S. The molecule has 0 aliphatic carbocycles. The van der Waals surface area contributed by atoms with Gasteiger partial charge in [-0.3, -0.25) is 4.79 Å². The minimum atomic E-state index is -3.65. The van der Waals surface area contributed by atoms with Gasteiger partial charge in [0.2, 0.25) is 5.91 Å². The quantitative estimate of drug-likeness (QED) is 0.867. The summed E-state index contributed by atoms with van der Waals surface area (Å²) in [6.07, 6.45) is 0. The minimum Gasteiger partial charge on any atom is -0.325 e. The van der Waals surface area contributed by atoms with Crippen molar-refractivity contribution >= 4 is 21.4 Å². The van der Waals surface area contributed by atoms with Crippen LogP contribution in [0.2, 0.25) is 0 Å². The van der Waals surface area contributed by atoms with Gasteiger partial charge in [-0.05, 0) is 24.6 Å². The van der Waals surface area contributed by atoms with E-state index in [4.69, 9.17) is 0 Å². The van der Waals surface area contributed by atoms with E-state index in [-0.39, 0.29) is 0 Å². The fourth-order valence-corrected chi connectivity index (χ4v) is 2.16.